The summed E-state index contributed by atoms with van der Waals surface area (Å²) in [5.41, 5.74) is 18.7. The predicted octanol–water partition coefficient (Wildman–Crippen LogP) is 1.18. The minimum absolute atomic E-state index is 0.0494. The fourth-order valence-corrected chi connectivity index (χ4v) is 4.66. The molecule has 2 aromatic heterocycles. The van der Waals surface area contributed by atoms with Crippen molar-refractivity contribution in [1.82, 2.24) is 29.7 Å². The van der Waals surface area contributed by atoms with E-state index in [4.69, 9.17) is 16.2 Å². The van der Waals surface area contributed by atoms with Gasteiger partial charge in [-0.25, -0.2) is 4.79 Å². The second-order valence-electron chi connectivity index (χ2n) is 9.69. The maximum Gasteiger partial charge on any atom is 0.328 e. The number of fused-ring (bicyclic) bond motifs is 1. The Morgan fingerprint density at radius 2 is 1.79 bits per heavy atom. The van der Waals surface area contributed by atoms with Crippen LogP contribution in [-0.4, -0.2) is 70.2 Å². The van der Waals surface area contributed by atoms with Crippen molar-refractivity contribution < 1.29 is 9.53 Å². The Bertz CT molecular complexity index is 1230. The fourth-order valence-electron chi connectivity index (χ4n) is 4.66. The number of carbonyl (C=O) groups is 1. The van der Waals surface area contributed by atoms with Crippen LogP contribution >= 0.6 is 0 Å². The number of ether oxygens (including phenoxy) is 1. The highest BCUT2D eigenvalue weighted by atomic mass is 16.5. The Hall–Kier alpha value is -3.48. The first-order valence-corrected chi connectivity index (χ1v) is 13.7. The van der Waals surface area contributed by atoms with E-state index < -0.39 is 0 Å². The minimum atomic E-state index is -0.281. The number of unbranched alkanes of at least 4 members (excludes halogenated alkanes) is 1. The van der Waals surface area contributed by atoms with Gasteiger partial charge >= 0.3 is 11.7 Å². The number of aromatic nitrogens is 4. The van der Waals surface area contributed by atoms with E-state index in [1.54, 1.807) is 4.57 Å². The molecule has 1 amide bonds. The van der Waals surface area contributed by atoms with Crippen LogP contribution in [0.1, 0.15) is 50.2 Å². The zero-order valence-corrected chi connectivity index (χ0v) is 23.1. The number of anilines is 1. The molecule has 0 saturated carbocycles. The number of nitrogens with zero attached hydrogens (tertiary/aromatic N) is 4. The Balaban J connectivity index is 0.00000205. The molecule has 4 rings (SSSR count). The lowest BCUT2D eigenvalue weighted by Crippen LogP contribution is -2.36. The number of carbonyl (C=O) groups excluding carboxylic acids is 1. The number of nitrogen functional groups attached to an aromatic ring is 1. The van der Waals surface area contributed by atoms with Crippen LogP contribution in [0, 0.1) is 5.92 Å². The summed E-state index contributed by atoms with van der Waals surface area (Å²) in [5.74, 6) is 0.752. The molecule has 1 aliphatic heterocycles. The first kappa shape index (κ1) is 30.1. The van der Waals surface area contributed by atoms with Gasteiger partial charge in [-0.05, 0) is 62.9 Å². The highest BCUT2D eigenvalue weighted by Gasteiger charge is 2.19. The Morgan fingerprint density at radius 1 is 1.13 bits per heavy atom. The first-order valence-electron chi connectivity index (χ1n) is 13.7. The lowest BCUT2D eigenvalue weighted by atomic mass is 9.93. The third-order valence-corrected chi connectivity index (χ3v) is 6.90. The predicted molar refractivity (Wildman–Crippen MR) is 153 cm³/mol. The summed E-state index contributed by atoms with van der Waals surface area (Å²) < 4.78 is 7.19. The normalized spacial score (nSPS) is 14.2. The van der Waals surface area contributed by atoms with Crippen LogP contribution < -0.4 is 32.9 Å². The van der Waals surface area contributed by atoms with E-state index in [0.717, 1.165) is 57.3 Å². The summed E-state index contributed by atoms with van der Waals surface area (Å²) in [6.45, 7) is 6.69. The summed E-state index contributed by atoms with van der Waals surface area (Å²) in [4.78, 5) is 37.8. The third-order valence-electron chi connectivity index (χ3n) is 6.90. The maximum atomic E-state index is 12.6. The topological polar surface area (TPSA) is 183 Å². The van der Waals surface area contributed by atoms with E-state index >= 15 is 0 Å². The number of imidazole rings is 1. The Morgan fingerprint density at radius 3 is 2.44 bits per heavy atom. The molecule has 39 heavy (non-hydrogen) atoms. The van der Waals surface area contributed by atoms with Gasteiger partial charge in [0.2, 0.25) is 5.91 Å². The zero-order chi connectivity index (χ0) is 28.2. The molecule has 0 bridgehead atoms. The fraction of sp³-hybridized carbons (Fsp3) is 0.556. The number of nitrogens with two attached hydrogens (primary N) is 3. The SMILES string of the molecule is CCCCOc1nc(N)c2[nH]c(=O)n(Cc3ccc(CN4CCC(CCNC(=O)CN)CC4)cc3)c2n1.CN. The number of rotatable bonds is 12. The third kappa shape index (κ3) is 8.50. The molecule has 1 fully saturated rings. The number of aromatic amines is 1. The van der Waals surface area contributed by atoms with Crippen molar-refractivity contribution in [3.05, 3.63) is 45.9 Å². The summed E-state index contributed by atoms with van der Waals surface area (Å²) in [5, 5.41) is 2.86. The average molecular weight is 542 g/mol. The molecule has 12 nitrogen and oxygen atoms in total. The van der Waals surface area contributed by atoms with Crippen LogP contribution in [0.3, 0.4) is 0 Å². The van der Waals surface area contributed by atoms with E-state index in [1.807, 2.05) is 0 Å². The van der Waals surface area contributed by atoms with Gasteiger partial charge in [-0.2, -0.15) is 9.97 Å². The number of hydrogen-bond donors (Lipinski definition) is 5. The molecule has 1 saturated heterocycles. The second-order valence-corrected chi connectivity index (χ2v) is 9.69. The number of amides is 1. The van der Waals surface area contributed by atoms with Crippen molar-refractivity contribution in [1.29, 1.82) is 0 Å². The zero-order valence-electron chi connectivity index (χ0n) is 23.1. The van der Waals surface area contributed by atoms with Gasteiger partial charge in [-0.3, -0.25) is 14.3 Å². The number of benzene rings is 1. The van der Waals surface area contributed by atoms with E-state index in [-0.39, 0.29) is 30.0 Å². The highest BCUT2D eigenvalue weighted by Crippen LogP contribution is 2.22. The van der Waals surface area contributed by atoms with E-state index in [2.05, 4.69) is 62.1 Å². The summed E-state index contributed by atoms with van der Waals surface area (Å²) in [6.07, 6.45) is 5.16. The molecule has 1 aliphatic rings. The Kier molecular flexibility index (Phi) is 11.7. The van der Waals surface area contributed by atoms with Gasteiger partial charge < -0.3 is 32.2 Å². The van der Waals surface area contributed by atoms with Crippen molar-refractivity contribution >= 4 is 22.9 Å². The maximum absolute atomic E-state index is 12.6. The second kappa shape index (κ2) is 15.2. The number of hydrogen-bond acceptors (Lipinski definition) is 9. The molecular weight excluding hydrogens is 498 g/mol. The van der Waals surface area contributed by atoms with Gasteiger partial charge in [0, 0.05) is 13.1 Å². The summed E-state index contributed by atoms with van der Waals surface area (Å²) in [7, 11) is 1.50. The molecule has 0 unspecified atom stereocenters. The molecule has 214 valence electrons. The molecule has 1 aromatic carbocycles. The van der Waals surface area contributed by atoms with Crippen LogP contribution in [-0.2, 0) is 17.9 Å². The monoisotopic (exact) mass is 541 g/mol. The average Bonchev–Trinajstić information content (AvgIpc) is 3.27. The Labute approximate surface area is 229 Å². The molecule has 0 atom stereocenters. The largest absolute Gasteiger partial charge is 0.463 e. The lowest BCUT2D eigenvalue weighted by molar-refractivity contribution is -0.119. The molecule has 3 aromatic rings. The van der Waals surface area contributed by atoms with E-state index in [1.165, 1.54) is 12.6 Å². The number of H-pyrrole nitrogens is 1. The highest BCUT2D eigenvalue weighted by molar-refractivity contribution is 5.82. The van der Waals surface area contributed by atoms with E-state index in [0.29, 0.717) is 36.8 Å². The van der Waals surface area contributed by atoms with Gasteiger partial charge in [0.25, 0.3) is 0 Å². The molecule has 3 heterocycles. The van der Waals surface area contributed by atoms with E-state index in [9.17, 15) is 9.59 Å². The van der Waals surface area contributed by atoms with Gasteiger partial charge in [-0.15, -0.1) is 0 Å². The molecular formula is C27H43N9O3. The van der Waals surface area contributed by atoms with Gasteiger partial charge in [0.1, 0.15) is 5.52 Å². The van der Waals surface area contributed by atoms with Crippen LogP contribution in [0.2, 0.25) is 0 Å². The molecule has 0 radical (unpaired) electrons. The van der Waals surface area contributed by atoms with Crippen LogP contribution in [0.5, 0.6) is 6.01 Å². The molecule has 0 spiro atoms. The van der Waals surface area contributed by atoms with Crippen LogP contribution in [0.4, 0.5) is 5.82 Å². The van der Waals surface area contributed by atoms with Crippen LogP contribution in [0.15, 0.2) is 29.1 Å². The van der Waals surface area contributed by atoms with Gasteiger partial charge in [-0.1, -0.05) is 37.6 Å². The summed E-state index contributed by atoms with van der Waals surface area (Å²) >= 11 is 0. The van der Waals surface area contributed by atoms with Crippen molar-refractivity contribution in [3.8, 4) is 6.01 Å². The molecule has 0 aliphatic carbocycles. The number of nitrogens with one attached hydrogen (secondary N) is 2. The summed E-state index contributed by atoms with van der Waals surface area (Å²) in [6, 6.07) is 8.53. The van der Waals surface area contributed by atoms with Gasteiger partial charge in [0.05, 0.1) is 19.7 Å². The molecule has 8 N–H and O–H groups in total. The van der Waals surface area contributed by atoms with Gasteiger partial charge in [0.15, 0.2) is 11.5 Å². The van der Waals surface area contributed by atoms with Crippen molar-refractivity contribution in [2.75, 3.05) is 45.6 Å². The smallest absolute Gasteiger partial charge is 0.328 e. The minimum Gasteiger partial charge on any atom is -0.463 e. The van der Waals surface area contributed by atoms with Crippen molar-refractivity contribution in [2.24, 2.45) is 17.4 Å². The standard InChI is InChI=1S/C26H38N8O3.CH5N/c1-2-3-14-37-25-31-23(28)22-24(32-25)34(26(36)30-22)17-20-6-4-19(5-7-20)16-33-12-9-18(10-13-33)8-11-29-21(35)15-27;1-2/h4-7,18H,2-3,8-17,27H2,1H3,(H,29,35)(H,30,36)(H2,28,31,32);2H2,1H3. The number of likely N-dealkylation sites (tertiary alicyclic amines) is 1. The van der Waals surface area contributed by atoms with Crippen molar-refractivity contribution in [2.45, 2.75) is 52.1 Å². The van der Waals surface area contributed by atoms with Crippen molar-refractivity contribution in [3.63, 3.8) is 0 Å². The number of piperidine rings is 1. The quantitative estimate of drug-likeness (QED) is 0.210. The lowest BCUT2D eigenvalue weighted by Gasteiger charge is -2.32. The van der Waals surface area contributed by atoms with Crippen LogP contribution in [0.25, 0.3) is 11.2 Å². The first-order chi connectivity index (χ1) is 19.0. The molecule has 12 heteroatoms.